The van der Waals surface area contributed by atoms with Gasteiger partial charge in [-0.1, -0.05) is 6.92 Å². The Labute approximate surface area is 197 Å². The lowest BCUT2D eigenvalue weighted by Gasteiger charge is -2.31. The zero-order valence-corrected chi connectivity index (χ0v) is 19.3. The van der Waals surface area contributed by atoms with Gasteiger partial charge in [-0.2, -0.15) is 0 Å². The number of phenolic OH excluding ortho intramolecular Hbond substituents is 1. The van der Waals surface area contributed by atoms with Crippen LogP contribution in [0.2, 0.25) is 0 Å². The van der Waals surface area contributed by atoms with Gasteiger partial charge in [-0.25, -0.2) is 4.79 Å². The number of likely N-dealkylation sites (tertiary alicyclic amines) is 1. The molecule has 0 bridgehead atoms. The average Bonchev–Trinajstić information content (AvgIpc) is 3.29. The van der Waals surface area contributed by atoms with Crippen molar-refractivity contribution >= 4 is 22.6 Å². The molecule has 3 heterocycles. The third-order valence-electron chi connectivity index (χ3n) is 6.75. The number of benzene rings is 2. The first kappa shape index (κ1) is 22.3. The lowest BCUT2D eigenvalue weighted by Crippen LogP contribution is -2.37. The molecule has 8 nitrogen and oxygen atoms in total. The van der Waals surface area contributed by atoms with Gasteiger partial charge in [0.25, 0.3) is 0 Å². The van der Waals surface area contributed by atoms with E-state index in [2.05, 4.69) is 10.2 Å². The molecular weight excluding hydrogens is 436 g/mol. The first-order valence-corrected chi connectivity index (χ1v) is 11.6. The van der Waals surface area contributed by atoms with Gasteiger partial charge in [-0.05, 0) is 68.6 Å². The third kappa shape index (κ3) is 4.21. The van der Waals surface area contributed by atoms with Crippen LogP contribution in [0.1, 0.15) is 36.5 Å². The van der Waals surface area contributed by atoms with Gasteiger partial charge in [0.05, 0.1) is 5.56 Å². The number of aryl methyl sites for hydroxylation is 2. The zero-order chi connectivity index (χ0) is 23.8. The molecule has 2 N–H and O–H groups in total. The summed E-state index contributed by atoms with van der Waals surface area (Å²) in [6.45, 7) is 5.92. The standard InChI is InChI=1S/C26H28N2O6/c1-3-16-11-19-15(2)10-23(29)34-25(19)20(24(16)30)13-28-8-6-17(7-9-28)26(31)27-18-4-5-21-22(12-18)33-14-32-21/h4-5,10-12,17,30H,3,6-9,13-14H2,1-2H3,(H,27,31). The number of amides is 1. The number of phenols is 1. The first-order valence-electron chi connectivity index (χ1n) is 11.6. The molecule has 0 spiro atoms. The second kappa shape index (κ2) is 9.02. The average molecular weight is 465 g/mol. The Balaban J connectivity index is 1.28. The van der Waals surface area contributed by atoms with Gasteiger partial charge in [0.1, 0.15) is 11.3 Å². The summed E-state index contributed by atoms with van der Waals surface area (Å²) in [6, 6.07) is 8.76. The number of aromatic hydroxyl groups is 1. The summed E-state index contributed by atoms with van der Waals surface area (Å²) in [7, 11) is 0. The number of carbonyl (C=O) groups excluding carboxylic acids is 1. The summed E-state index contributed by atoms with van der Waals surface area (Å²) in [6.07, 6.45) is 2.08. The Morgan fingerprint density at radius 3 is 2.68 bits per heavy atom. The van der Waals surface area contributed by atoms with Crippen molar-refractivity contribution in [2.24, 2.45) is 5.92 Å². The minimum Gasteiger partial charge on any atom is -0.507 e. The van der Waals surface area contributed by atoms with Crippen LogP contribution in [0, 0.1) is 12.8 Å². The number of hydrogen-bond donors (Lipinski definition) is 2. The van der Waals surface area contributed by atoms with Crippen LogP contribution in [0.4, 0.5) is 5.69 Å². The number of hydrogen-bond acceptors (Lipinski definition) is 7. The number of rotatable bonds is 5. The second-order valence-electron chi connectivity index (χ2n) is 8.95. The molecule has 178 valence electrons. The molecule has 5 rings (SSSR count). The van der Waals surface area contributed by atoms with E-state index in [1.165, 1.54) is 6.07 Å². The number of fused-ring (bicyclic) bond motifs is 2. The molecular formula is C26H28N2O6. The molecule has 2 aromatic carbocycles. The Hall–Kier alpha value is -3.52. The molecule has 1 saturated heterocycles. The number of nitrogens with zero attached hydrogens (tertiary/aromatic N) is 1. The van der Waals surface area contributed by atoms with Crippen LogP contribution in [0.3, 0.4) is 0 Å². The Kier molecular flexibility index (Phi) is 5.91. The maximum Gasteiger partial charge on any atom is 0.336 e. The summed E-state index contributed by atoms with van der Waals surface area (Å²) in [4.78, 5) is 27.0. The van der Waals surface area contributed by atoms with Gasteiger partial charge in [0.2, 0.25) is 12.7 Å². The smallest absolute Gasteiger partial charge is 0.336 e. The van der Waals surface area contributed by atoms with Crippen molar-refractivity contribution in [1.29, 1.82) is 0 Å². The lowest BCUT2D eigenvalue weighted by molar-refractivity contribution is -0.121. The van der Waals surface area contributed by atoms with Gasteiger partial charge in [-0.3, -0.25) is 9.69 Å². The summed E-state index contributed by atoms with van der Waals surface area (Å²) in [5, 5.41) is 14.7. The highest BCUT2D eigenvalue weighted by Gasteiger charge is 2.27. The molecule has 1 fully saturated rings. The largest absolute Gasteiger partial charge is 0.507 e. The molecule has 2 aliphatic heterocycles. The summed E-state index contributed by atoms with van der Waals surface area (Å²) in [5.74, 6) is 1.39. The third-order valence-corrected chi connectivity index (χ3v) is 6.75. The van der Waals surface area contributed by atoms with Gasteiger partial charge in [0.15, 0.2) is 11.5 Å². The Morgan fingerprint density at radius 1 is 1.15 bits per heavy atom. The number of ether oxygens (including phenoxy) is 2. The maximum atomic E-state index is 12.8. The van der Waals surface area contributed by atoms with Crippen molar-refractivity contribution in [2.45, 2.75) is 39.7 Å². The van der Waals surface area contributed by atoms with Crippen molar-refractivity contribution in [3.63, 3.8) is 0 Å². The van der Waals surface area contributed by atoms with Gasteiger partial charge in [0, 0.05) is 35.7 Å². The predicted octanol–water partition coefficient (Wildman–Crippen LogP) is 3.95. The molecule has 0 saturated carbocycles. The van der Waals surface area contributed by atoms with Crippen molar-refractivity contribution in [2.75, 3.05) is 25.2 Å². The molecule has 2 aliphatic rings. The number of anilines is 1. The van der Waals surface area contributed by atoms with Crippen LogP contribution in [0.5, 0.6) is 17.2 Å². The molecule has 34 heavy (non-hydrogen) atoms. The van der Waals surface area contributed by atoms with Crippen LogP contribution >= 0.6 is 0 Å². The van der Waals surface area contributed by atoms with E-state index < -0.39 is 5.63 Å². The minimum absolute atomic E-state index is 0.0126. The number of piperidine rings is 1. The molecule has 8 heteroatoms. The van der Waals surface area contributed by atoms with Crippen molar-refractivity contribution < 1.29 is 23.8 Å². The highest BCUT2D eigenvalue weighted by Crippen LogP contribution is 2.36. The van der Waals surface area contributed by atoms with E-state index in [0.717, 1.165) is 16.5 Å². The van der Waals surface area contributed by atoms with E-state index in [0.29, 0.717) is 67.2 Å². The van der Waals surface area contributed by atoms with E-state index in [9.17, 15) is 14.7 Å². The second-order valence-corrected chi connectivity index (χ2v) is 8.95. The Bertz CT molecular complexity index is 1310. The fraction of sp³-hybridized carbons (Fsp3) is 0.385. The Morgan fingerprint density at radius 2 is 1.91 bits per heavy atom. The molecule has 0 aliphatic carbocycles. The van der Waals surface area contributed by atoms with E-state index in [1.54, 1.807) is 12.1 Å². The number of carbonyl (C=O) groups is 1. The monoisotopic (exact) mass is 464 g/mol. The van der Waals surface area contributed by atoms with Gasteiger partial charge < -0.3 is 24.3 Å². The summed E-state index contributed by atoms with van der Waals surface area (Å²) in [5.41, 5.74) is 3.02. The first-order chi connectivity index (χ1) is 16.4. The molecule has 3 aromatic rings. The van der Waals surface area contributed by atoms with Crippen LogP contribution in [-0.2, 0) is 17.8 Å². The minimum atomic E-state index is -0.422. The van der Waals surface area contributed by atoms with E-state index in [1.807, 2.05) is 26.0 Å². The molecule has 0 atom stereocenters. The van der Waals surface area contributed by atoms with Crippen molar-refractivity contribution in [3.05, 3.63) is 57.4 Å². The van der Waals surface area contributed by atoms with Crippen molar-refractivity contribution in [1.82, 2.24) is 4.90 Å². The molecule has 0 unspecified atom stereocenters. The van der Waals surface area contributed by atoms with Crippen LogP contribution in [0.15, 0.2) is 39.5 Å². The lowest BCUT2D eigenvalue weighted by atomic mass is 9.94. The van der Waals surface area contributed by atoms with Crippen molar-refractivity contribution in [3.8, 4) is 17.2 Å². The van der Waals surface area contributed by atoms with Gasteiger partial charge >= 0.3 is 5.63 Å². The molecule has 1 amide bonds. The van der Waals surface area contributed by atoms with E-state index in [4.69, 9.17) is 13.9 Å². The van der Waals surface area contributed by atoms with Crippen LogP contribution < -0.4 is 20.4 Å². The predicted molar refractivity (Wildman–Crippen MR) is 127 cm³/mol. The molecule has 0 radical (unpaired) electrons. The topological polar surface area (TPSA) is 101 Å². The summed E-state index contributed by atoms with van der Waals surface area (Å²) >= 11 is 0. The van der Waals surface area contributed by atoms with E-state index >= 15 is 0 Å². The zero-order valence-electron chi connectivity index (χ0n) is 19.3. The highest BCUT2D eigenvalue weighted by atomic mass is 16.7. The maximum absolute atomic E-state index is 12.8. The highest BCUT2D eigenvalue weighted by molar-refractivity contribution is 5.93. The quantitative estimate of drug-likeness (QED) is 0.552. The molecule has 1 aromatic heterocycles. The normalized spacial score (nSPS) is 16.2. The summed E-state index contributed by atoms with van der Waals surface area (Å²) < 4.78 is 16.2. The number of nitrogens with one attached hydrogen (secondary N) is 1. The van der Waals surface area contributed by atoms with E-state index in [-0.39, 0.29) is 24.4 Å². The fourth-order valence-electron chi connectivity index (χ4n) is 4.78. The fourth-order valence-corrected chi connectivity index (χ4v) is 4.78. The SMILES string of the molecule is CCc1cc2c(C)cc(=O)oc2c(CN2CCC(C(=O)Nc3ccc4c(c3)OCO4)CC2)c1O. The van der Waals surface area contributed by atoms with Crippen LogP contribution in [-0.4, -0.2) is 35.8 Å². The van der Waals surface area contributed by atoms with Gasteiger partial charge in [-0.15, -0.1) is 0 Å². The van der Waals surface area contributed by atoms with Crippen LogP contribution in [0.25, 0.3) is 11.0 Å².